The Bertz CT molecular complexity index is 881. The van der Waals surface area contributed by atoms with E-state index < -0.39 is 5.76 Å². The number of likely N-dealkylation sites (tertiary alicyclic amines) is 1. The van der Waals surface area contributed by atoms with Gasteiger partial charge in [0, 0.05) is 18.2 Å². The minimum absolute atomic E-state index is 0.120. The van der Waals surface area contributed by atoms with Crippen molar-refractivity contribution in [2.24, 2.45) is 0 Å². The molecule has 3 aromatic rings. The molecule has 1 aromatic carbocycles. The maximum atomic E-state index is 12.1. The summed E-state index contributed by atoms with van der Waals surface area (Å²) in [5.74, 6) is 0.727. The molecule has 124 valence electrons. The minimum atomic E-state index is -0.451. The van der Waals surface area contributed by atoms with Gasteiger partial charge in [0.05, 0.1) is 11.7 Å². The molecular formula is C17H18N4O3. The molecule has 4 rings (SSSR count). The maximum Gasteiger partial charge on any atom is 0.438 e. The number of rotatable bonds is 4. The maximum absolute atomic E-state index is 12.1. The number of benzene rings is 1. The zero-order valence-corrected chi connectivity index (χ0v) is 13.4. The van der Waals surface area contributed by atoms with Crippen LogP contribution in [-0.4, -0.2) is 26.4 Å². The molecule has 1 aliphatic heterocycles. The predicted octanol–water partition coefficient (Wildman–Crippen LogP) is 2.59. The normalized spacial score (nSPS) is 18.3. The Hall–Kier alpha value is -2.67. The molecule has 7 heteroatoms. The Morgan fingerprint density at radius 2 is 2.12 bits per heavy atom. The first kappa shape index (κ1) is 14.9. The molecule has 24 heavy (non-hydrogen) atoms. The zero-order chi connectivity index (χ0) is 16.5. The lowest BCUT2D eigenvalue weighted by Gasteiger charge is -2.20. The van der Waals surface area contributed by atoms with Crippen molar-refractivity contribution in [3.63, 3.8) is 0 Å². The minimum Gasteiger partial charge on any atom is -0.388 e. The van der Waals surface area contributed by atoms with E-state index >= 15 is 0 Å². The van der Waals surface area contributed by atoms with Crippen LogP contribution in [0.1, 0.15) is 30.3 Å². The molecule has 0 amide bonds. The first-order valence-electron chi connectivity index (χ1n) is 8.01. The van der Waals surface area contributed by atoms with Gasteiger partial charge >= 0.3 is 5.76 Å². The predicted molar refractivity (Wildman–Crippen MR) is 86.1 cm³/mol. The fourth-order valence-electron chi connectivity index (χ4n) is 3.12. The summed E-state index contributed by atoms with van der Waals surface area (Å²) < 4.78 is 12.1. The van der Waals surface area contributed by atoms with Crippen molar-refractivity contribution < 1.29 is 8.94 Å². The molecule has 1 aliphatic rings. The van der Waals surface area contributed by atoms with Gasteiger partial charge in [-0.2, -0.15) is 4.68 Å². The quantitative estimate of drug-likeness (QED) is 0.733. The van der Waals surface area contributed by atoms with E-state index in [0.29, 0.717) is 12.6 Å². The summed E-state index contributed by atoms with van der Waals surface area (Å²) >= 11 is 0. The van der Waals surface area contributed by atoms with Crippen molar-refractivity contribution in [1.82, 2.24) is 19.8 Å². The summed E-state index contributed by atoms with van der Waals surface area (Å²) in [6.07, 6.45) is 2.02. The molecule has 0 aliphatic carbocycles. The largest absolute Gasteiger partial charge is 0.438 e. The fraction of sp³-hybridized carbons (Fsp3) is 0.353. The van der Waals surface area contributed by atoms with Crippen LogP contribution in [0.4, 0.5) is 0 Å². The van der Waals surface area contributed by atoms with E-state index in [9.17, 15) is 4.79 Å². The van der Waals surface area contributed by atoms with Crippen LogP contribution in [0.3, 0.4) is 0 Å². The van der Waals surface area contributed by atoms with E-state index in [1.54, 1.807) is 0 Å². The van der Waals surface area contributed by atoms with Crippen LogP contribution in [0.25, 0.3) is 11.5 Å². The third-order valence-corrected chi connectivity index (χ3v) is 4.28. The Balaban J connectivity index is 1.57. The summed E-state index contributed by atoms with van der Waals surface area (Å²) in [6.45, 7) is 3.16. The van der Waals surface area contributed by atoms with Crippen molar-refractivity contribution in [2.45, 2.75) is 32.5 Å². The van der Waals surface area contributed by atoms with Crippen molar-refractivity contribution >= 4 is 0 Å². The molecule has 7 nitrogen and oxygen atoms in total. The summed E-state index contributed by atoms with van der Waals surface area (Å²) in [6, 6.07) is 11.5. The van der Waals surface area contributed by atoms with E-state index in [4.69, 9.17) is 8.94 Å². The topological polar surface area (TPSA) is 77.3 Å². The molecule has 1 atom stereocenters. The molecule has 0 N–H and O–H groups in total. The SMILES string of the molecule is Cc1cc([C@H]2CCCN2Cn2nc(-c3ccccc3)oc2=O)on1. The van der Waals surface area contributed by atoms with Gasteiger partial charge in [-0.25, -0.2) is 4.79 Å². The number of aryl methyl sites for hydroxylation is 1. The standard InChI is InChI=1S/C17H18N4O3/c1-12-10-15(24-19-12)14-8-5-9-20(14)11-21-17(22)23-16(18-21)13-6-3-2-4-7-13/h2-4,6-7,10,14H,5,8-9,11H2,1H3/t14-/m1/s1. The van der Waals surface area contributed by atoms with Crippen LogP contribution in [0.5, 0.6) is 0 Å². The second kappa shape index (κ2) is 6.09. The number of aromatic nitrogens is 3. The van der Waals surface area contributed by atoms with Gasteiger partial charge in [-0.1, -0.05) is 23.4 Å². The highest BCUT2D eigenvalue weighted by Crippen LogP contribution is 2.32. The third kappa shape index (κ3) is 2.78. The molecular weight excluding hydrogens is 308 g/mol. The molecule has 1 saturated heterocycles. The molecule has 0 bridgehead atoms. The van der Waals surface area contributed by atoms with E-state index in [1.807, 2.05) is 43.3 Å². The molecule has 0 unspecified atom stereocenters. The first-order chi connectivity index (χ1) is 11.7. The molecule has 1 fully saturated rings. The Morgan fingerprint density at radius 1 is 1.29 bits per heavy atom. The molecule has 3 heterocycles. The molecule has 0 spiro atoms. The van der Waals surface area contributed by atoms with Crippen LogP contribution >= 0.6 is 0 Å². The summed E-state index contributed by atoms with van der Waals surface area (Å²) in [7, 11) is 0. The van der Waals surface area contributed by atoms with Gasteiger partial charge < -0.3 is 8.94 Å². The van der Waals surface area contributed by atoms with Gasteiger partial charge in [0.25, 0.3) is 0 Å². The average molecular weight is 326 g/mol. The van der Waals surface area contributed by atoms with Crippen LogP contribution in [0, 0.1) is 6.92 Å². The van der Waals surface area contributed by atoms with Gasteiger partial charge in [0.1, 0.15) is 6.67 Å². The lowest BCUT2D eigenvalue weighted by atomic mass is 10.1. The molecule has 2 aromatic heterocycles. The van der Waals surface area contributed by atoms with Crippen LogP contribution < -0.4 is 5.76 Å². The van der Waals surface area contributed by atoms with Crippen molar-refractivity contribution in [3.05, 3.63) is 58.4 Å². The van der Waals surface area contributed by atoms with E-state index in [0.717, 1.165) is 36.4 Å². The van der Waals surface area contributed by atoms with Crippen molar-refractivity contribution in [1.29, 1.82) is 0 Å². The lowest BCUT2D eigenvalue weighted by Crippen LogP contribution is -2.31. The first-order valence-corrected chi connectivity index (χ1v) is 8.01. The van der Waals surface area contributed by atoms with Gasteiger partial charge in [0.2, 0.25) is 5.89 Å². The highest BCUT2D eigenvalue weighted by Gasteiger charge is 2.30. The lowest BCUT2D eigenvalue weighted by molar-refractivity contribution is 0.159. The van der Waals surface area contributed by atoms with E-state index in [-0.39, 0.29) is 6.04 Å². The Labute approximate surface area is 138 Å². The highest BCUT2D eigenvalue weighted by molar-refractivity contribution is 5.51. The number of nitrogens with zero attached hydrogens (tertiary/aromatic N) is 4. The number of hydrogen-bond donors (Lipinski definition) is 0. The Morgan fingerprint density at radius 3 is 2.88 bits per heavy atom. The van der Waals surface area contributed by atoms with Gasteiger partial charge in [-0.15, -0.1) is 5.10 Å². The highest BCUT2D eigenvalue weighted by atomic mass is 16.5. The molecule has 0 radical (unpaired) electrons. The van der Waals surface area contributed by atoms with Crippen molar-refractivity contribution in [2.75, 3.05) is 6.54 Å². The van der Waals surface area contributed by atoms with Gasteiger partial charge in [0.15, 0.2) is 5.76 Å². The van der Waals surface area contributed by atoms with Gasteiger partial charge in [-0.05, 0) is 31.9 Å². The summed E-state index contributed by atoms with van der Waals surface area (Å²) in [5.41, 5.74) is 1.65. The third-order valence-electron chi connectivity index (χ3n) is 4.28. The monoisotopic (exact) mass is 326 g/mol. The second-order valence-corrected chi connectivity index (χ2v) is 6.02. The van der Waals surface area contributed by atoms with Crippen LogP contribution in [0.15, 0.2) is 50.1 Å². The summed E-state index contributed by atoms with van der Waals surface area (Å²) in [4.78, 5) is 14.3. The van der Waals surface area contributed by atoms with Crippen LogP contribution in [0.2, 0.25) is 0 Å². The zero-order valence-electron chi connectivity index (χ0n) is 13.4. The fourth-order valence-corrected chi connectivity index (χ4v) is 3.12. The Kier molecular flexibility index (Phi) is 3.78. The van der Waals surface area contributed by atoms with E-state index in [1.165, 1.54) is 4.68 Å². The van der Waals surface area contributed by atoms with Crippen molar-refractivity contribution in [3.8, 4) is 11.5 Å². The average Bonchev–Trinajstić information content (AvgIpc) is 3.30. The smallest absolute Gasteiger partial charge is 0.388 e. The number of hydrogen-bond acceptors (Lipinski definition) is 6. The van der Waals surface area contributed by atoms with E-state index in [2.05, 4.69) is 15.2 Å². The van der Waals surface area contributed by atoms with Crippen LogP contribution in [-0.2, 0) is 6.67 Å². The summed E-state index contributed by atoms with van der Waals surface area (Å²) in [5, 5.41) is 8.29. The van der Waals surface area contributed by atoms with Gasteiger partial charge in [-0.3, -0.25) is 4.90 Å². The second-order valence-electron chi connectivity index (χ2n) is 6.02. The molecule has 0 saturated carbocycles.